The summed E-state index contributed by atoms with van der Waals surface area (Å²) in [5.41, 5.74) is 6.66. The lowest BCUT2D eigenvalue weighted by Gasteiger charge is -2.16. The van der Waals surface area contributed by atoms with Crippen LogP contribution in [0.3, 0.4) is 0 Å². The second kappa shape index (κ2) is 5.18. The molecule has 0 saturated heterocycles. The molecule has 3 heteroatoms. The number of hydrogen-bond acceptors (Lipinski definition) is 1. The highest BCUT2D eigenvalue weighted by Crippen LogP contribution is 2.46. The zero-order valence-corrected chi connectivity index (χ0v) is 14.9. The molecular weight excluding hydrogens is 296 g/mol. The van der Waals surface area contributed by atoms with Crippen LogP contribution in [-0.4, -0.2) is 33.1 Å². The molecule has 4 rings (SSSR count). The highest BCUT2D eigenvalue weighted by Gasteiger charge is 2.44. The van der Waals surface area contributed by atoms with Crippen molar-refractivity contribution in [3.05, 3.63) is 42.0 Å². The molecule has 1 N–H and O–H groups in total. The van der Waals surface area contributed by atoms with Gasteiger partial charge in [-0.25, -0.2) is 0 Å². The van der Waals surface area contributed by atoms with Crippen LogP contribution in [0.15, 0.2) is 36.4 Å². The Hall–Kier alpha value is -2.13. The Morgan fingerprint density at radius 1 is 1.08 bits per heavy atom. The van der Waals surface area contributed by atoms with E-state index < -0.39 is 0 Å². The molecule has 0 unspecified atom stereocenters. The van der Waals surface area contributed by atoms with Gasteiger partial charge in [-0.2, -0.15) is 4.58 Å². The molecule has 0 saturated carbocycles. The molecule has 0 amide bonds. The number of hydrogen-bond donors (Lipinski definition) is 1. The van der Waals surface area contributed by atoms with Crippen molar-refractivity contribution in [2.75, 3.05) is 13.2 Å². The van der Waals surface area contributed by atoms with Crippen molar-refractivity contribution in [1.82, 2.24) is 4.57 Å². The number of para-hydroxylation sites is 1. The van der Waals surface area contributed by atoms with Gasteiger partial charge in [-0.1, -0.05) is 18.2 Å². The molecule has 3 aromatic rings. The maximum atomic E-state index is 9.27. The van der Waals surface area contributed by atoms with Crippen LogP contribution in [0.4, 0.5) is 5.69 Å². The standard InChI is InChI=1S/C21H25N2O/c1-14-21(2,3)20-18(23(14)12-7-13-24)11-10-17-19(20)15-8-5-6-9-16(15)22(17)4/h5-6,8-11,24H,7,12-13H2,1-4H3/q+1. The number of rotatable bonds is 3. The third-order valence-corrected chi connectivity index (χ3v) is 5.82. The number of aliphatic hydroxyl groups excluding tert-OH is 1. The van der Waals surface area contributed by atoms with Crippen molar-refractivity contribution >= 4 is 33.2 Å². The van der Waals surface area contributed by atoms with E-state index in [9.17, 15) is 5.11 Å². The maximum Gasteiger partial charge on any atom is 0.210 e. The molecule has 0 fully saturated rings. The Morgan fingerprint density at radius 2 is 1.83 bits per heavy atom. The van der Waals surface area contributed by atoms with E-state index in [1.165, 1.54) is 38.8 Å². The fourth-order valence-electron chi connectivity index (χ4n) is 4.31. The van der Waals surface area contributed by atoms with Crippen LogP contribution in [0.25, 0.3) is 21.8 Å². The van der Waals surface area contributed by atoms with Gasteiger partial charge < -0.3 is 9.67 Å². The fourth-order valence-corrected chi connectivity index (χ4v) is 4.31. The van der Waals surface area contributed by atoms with Gasteiger partial charge in [0.15, 0.2) is 12.3 Å². The lowest BCUT2D eigenvalue weighted by Crippen LogP contribution is -2.27. The summed E-state index contributed by atoms with van der Waals surface area (Å²) in [7, 11) is 2.15. The molecule has 0 radical (unpaired) electrons. The van der Waals surface area contributed by atoms with Crippen LogP contribution >= 0.6 is 0 Å². The number of aliphatic hydroxyl groups is 1. The predicted octanol–water partition coefficient (Wildman–Crippen LogP) is 4.11. The largest absolute Gasteiger partial charge is 0.396 e. The summed E-state index contributed by atoms with van der Waals surface area (Å²) in [5, 5.41) is 12.0. The molecule has 1 aliphatic rings. The number of aromatic nitrogens is 1. The summed E-state index contributed by atoms with van der Waals surface area (Å²) in [6.07, 6.45) is 0.792. The molecule has 1 aliphatic heterocycles. The molecule has 2 aromatic carbocycles. The topological polar surface area (TPSA) is 28.2 Å². The summed E-state index contributed by atoms with van der Waals surface area (Å²) in [4.78, 5) is 0. The SMILES string of the molecule is CC1=[N+](CCCO)c2ccc3c(c2C1(C)C)c1ccccc1n3C. The van der Waals surface area contributed by atoms with Gasteiger partial charge in [0, 0.05) is 60.4 Å². The Morgan fingerprint density at radius 3 is 2.58 bits per heavy atom. The lowest BCUT2D eigenvalue weighted by atomic mass is 9.80. The highest BCUT2D eigenvalue weighted by molar-refractivity contribution is 6.14. The van der Waals surface area contributed by atoms with Crippen LogP contribution < -0.4 is 0 Å². The van der Waals surface area contributed by atoms with Crippen molar-refractivity contribution in [1.29, 1.82) is 0 Å². The minimum atomic E-state index is -0.00553. The first kappa shape index (κ1) is 15.4. The van der Waals surface area contributed by atoms with E-state index in [4.69, 9.17) is 0 Å². The molecule has 0 aliphatic carbocycles. The van der Waals surface area contributed by atoms with Gasteiger partial charge in [0.05, 0.1) is 5.41 Å². The first-order valence-electron chi connectivity index (χ1n) is 8.71. The normalized spacial score (nSPS) is 16.4. The van der Waals surface area contributed by atoms with Gasteiger partial charge in [0.1, 0.15) is 0 Å². The summed E-state index contributed by atoms with van der Waals surface area (Å²) in [5.74, 6) is 0. The lowest BCUT2D eigenvalue weighted by molar-refractivity contribution is -0.440. The summed E-state index contributed by atoms with van der Waals surface area (Å²) in [6, 6.07) is 13.2. The Kier molecular flexibility index (Phi) is 3.33. The second-order valence-corrected chi connectivity index (χ2v) is 7.37. The van der Waals surface area contributed by atoms with E-state index in [2.05, 4.69) is 73.4 Å². The Balaban J connectivity index is 2.10. The van der Waals surface area contributed by atoms with E-state index in [-0.39, 0.29) is 12.0 Å². The van der Waals surface area contributed by atoms with Crippen LogP contribution in [0.1, 0.15) is 32.8 Å². The van der Waals surface area contributed by atoms with E-state index in [1.807, 2.05) is 0 Å². The molecule has 0 spiro atoms. The number of nitrogens with zero attached hydrogens (tertiary/aromatic N) is 2. The third kappa shape index (κ3) is 1.85. The molecule has 124 valence electrons. The average Bonchev–Trinajstić information content (AvgIpc) is 2.97. The zero-order valence-electron chi connectivity index (χ0n) is 14.9. The number of aryl methyl sites for hydroxylation is 1. The zero-order chi connectivity index (χ0) is 17.1. The number of fused-ring (bicyclic) bond motifs is 5. The van der Waals surface area contributed by atoms with Gasteiger partial charge >= 0.3 is 0 Å². The second-order valence-electron chi connectivity index (χ2n) is 7.37. The minimum Gasteiger partial charge on any atom is -0.396 e. The quantitative estimate of drug-likeness (QED) is 0.723. The summed E-state index contributed by atoms with van der Waals surface area (Å²) in [6.45, 7) is 7.97. The van der Waals surface area contributed by atoms with Gasteiger partial charge in [-0.3, -0.25) is 0 Å². The molecule has 0 bridgehead atoms. The van der Waals surface area contributed by atoms with Crippen LogP contribution in [-0.2, 0) is 12.5 Å². The van der Waals surface area contributed by atoms with Gasteiger partial charge in [0.25, 0.3) is 0 Å². The maximum absolute atomic E-state index is 9.27. The Bertz CT molecular complexity index is 992. The first-order chi connectivity index (χ1) is 11.5. The van der Waals surface area contributed by atoms with Crippen LogP contribution in [0, 0.1) is 0 Å². The molecule has 2 heterocycles. The van der Waals surface area contributed by atoms with Crippen LogP contribution in [0.2, 0.25) is 0 Å². The third-order valence-electron chi connectivity index (χ3n) is 5.82. The predicted molar refractivity (Wildman–Crippen MR) is 101 cm³/mol. The highest BCUT2D eigenvalue weighted by atomic mass is 16.3. The Labute approximate surface area is 142 Å². The monoisotopic (exact) mass is 321 g/mol. The number of benzene rings is 2. The smallest absolute Gasteiger partial charge is 0.210 e. The van der Waals surface area contributed by atoms with E-state index in [0.717, 1.165) is 13.0 Å². The van der Waals surface area contributed by atoms with Gasteiger partial charge in [-0.15, -0.1) is 0 Å². The molecule has 1 aromatic heterocycles. The van der Waals surface area contributed by atoms with Crippen molar-refractivity contribution in [2.24, 2.45) is 7.05 Å². The minimum absolute atomic E-state index is 0.00553. The van der Waals surface area contributed by atoms with E-state index in [1.54, 1.807) is 0 Å². The first-order valence-corrected chi connectivity index (χ1v) is 8.71. The van der Waals surface area contributed by atoms with Crippen molar-refractivity contribution < 1.29 is 9.68 Å². The summed E-state index contributed by atoms with van der Waals surface area (Å²) >= 11 is 0. The van der Waals surface area contributed by atoms with Crippen molar-refractivity contribution in [3.63, 3.8) is 0 Å². The van der Waals surface area contributed by atoms with Crippen molar-refractivity contribution in [3.8, 4) is 0 Å². The fraction of sp³-hybridized carbons (Fsp3) is 0.381. The van der Waals surface area contributed by atoms with Crippen molar-refractivity contribution in [2.45, 2.75) is 32.6 Å². The van der Waals surface area contributed by atoms with Gasteiger partial charge in [-0.05, 0) is 26.0 Å². The van der Waals surface area contributed by atoms with Crippen LogP contribution in [0.5, 0.6) is 0 Å². The summed E-state index contributed by atoms with van der Waals surface area (Å²) < 4.78 is 4.69. The van der Waals surface area contributed by atoms with E-state index in [0.29, 0.717) is 0 Å². The molecular formula is C21H25N2O+. The van der Waals surface area contributed by atoms with E-state index >= 15 is 0 Å². The average molecular weight is 321 g/mol. The molecule has 3 nitrogen and oxygen atoms in total. The molecule has 24 heavy (non-hydrogen) atoms. The van der Waals surface area contributed by atoms with Gasteiger partial charge in [0.2, 0.25) is 5.69 Å². The molecule has 0 atom stereocenters.